The molecule has 1 heterocycles. The van der Waals surface area contributed by atoms with Gasteiger partial charge in [-0.2, -0.15) is 0 Å². The summed E-state index contributed by atoms with van der Waals surface area (Å²) in [7, 11) is 1.67. The van der Waals surface area contributed by atoms with Crippen LogP contribution in [0.3, 0.4) is 0 Å². The van der Waals surface area contributed by atoms with Gasteiger partial charge in [-0.15, -0.1) is 0 Å². The van der Waals surface area contributed by atoms with Crippen LogP contribution in [0, 0.1) is 6.92 Å². The van der Waals surface area contributed by atoms with Crippen LogP contribution in [0.2, 0.25) is 0 Å². The number of carbonyl (C=O) groups is 1. The summed E-state index contributed by atoms with van der Waals surface area (Å²) in [5.74, 6) is 2.78. The van der Waals surface area contributed by atoms with Crippen LogP contribution in [0.5, 0.6) is 17.2 Å². The van der Waals surface area contributed by atoms with Crippen molar-refractivity contribution in [2.45, 2.75) is 51.9 Å². The Morgan fingerprint density at radius 2 is 1.79 bits per heavy atom. The van der Waals surface area contributed by atoms with E-state index in [0.29, 0.717) is 45.5 Å². The van der Waals surface area contributed by atoms with Crippen LogP contribution in [-0.2, 0) is 27.5 Å². The van der Waals surface area contributed by atoms with Gasteiger partial charge >= 0.3 is 0 Å². The molecule has 0 bridgehead atoms. The molecule has 226 valence electrons. The van der Waals surface area contributed by atoms with Gasteiger partial charge < -0.3 is 34.3 Å². The monoisotopic (exact) mass is 576 g/mol. The number of amides is 1. The van der Waals surface area contributed by atoms with Crippen LogP contribution in [0.1, 0.15) is 47.9 Å². The van der Waals surface area contributed by atoms with Crippen molar-refractivity contribution in [2.24, 2.45) is 0 Å². The number of benzene rings is 3. The van der Waals surface area contributed by atoms with Gasteiger partial charge in [-0.25, -0.2) is 0 Å². The molecule has 8 heteroatoms. The van der Waals surface area contributed by atoms with E-state index in [1.54, 1.807) is 7.11 Å². The highest BCUT2D eigenvalue weighted by Gasteiger charge is 2.27. The summed E-state index contributed by atoms with van der Waals surface area (Å²) < 4.78 is 29.5. The normalized spacial score (nSPS) is 16.5. The lowest BCUT2D eigenvalue weighted by molar-refractivity contribution is -0.119. The van der Waals surface area contributed by atoms with Gasteiger partial charge in [0.25, 0.3) is 0 Å². The minimum absolute atomic E-state index is 0.0579. The summed E-state index contributed by atoms with van der Waals surface area (Å²) in [6.45, 7) is 8.45. The molecule has 2 N–H and O–H groups in total. The molecule has 0 spiro atoms. The highest BCUT2D eigenvalue weighted by molar-refractivity contribution is 5.72. The number of nitrogens with one attached hydrogen (secondary N) is 2. The van der Waals surface area contributed by atoms with E-state index in [4.69, 9.17) is 23.7 Å². The van der Waals surface area contributed by atoms with Gasteiger partial charge in [0.2, 0.25) is 5.91 Å². The molecule has 0 unspecified atom stereocenters. The maximum Gasteiger partial charge on any atom is 0.216 e. The SMILES string of the molecule is COc1ccccc1COCCCOc1ccc([C@H]2CCNC[C@@H]2OCc2ccc(C)c(OCCNC(C)=O)c2)cc1. The number of hydrogen-bond donors (Lipinski definition) is 2. The van der Waals surface area contributed by atoms with Gasteiger partial charge in [-0.05, 0) is 60.8 Å². The number of carbonyl (C=O) groups excluding carboxylic acids is 1. The number of rotatable bonds is 16. The van der Waals surface area contributed by atoms with E-state index >= 15 is 0 Å². The first-order chi connectivity index (χ1) is 20.5. The van der Waals surface area contributed by atoms with E-state index < -0.39 is 0 Å². The molecular formula is C34H44N2O6. The Morgan fingerprint density at radius 1 is 0.952 bits per heavy atom. The molecule has 1 aliphatic heterocycles. The minimum atomic E-state index is -0.0579. The third kappa shape index (κ3) is 9.76. The van der Waals surface area contributed by atoms with E-state index in [1.807, 2.05) is 43.3 Å². The van der Waals surface area contributed by atoms with Gasteiger partial charge in [0.1, 0.15) is 23.9 Å². The van der Waals surface area contributed by atoms with E-state index in [0.717, 1.165) is 59.9 Å². The van der Waals surface area contributed by atoms with E-state index in [2.05, 4.69) is 41.0 Å². The number of methoxy groups -OCH3 is 1. The van der Waals surface area contributed by atoms with Crippen molar-refractivity contribution in [3.05, 3.63) is 89.0 Å². The summed E-state index contributed by atoms with van der Waals surface area (Å²) in [6, 6.07) is 22.5. The summed E-state index contributed by atoms with van der Waals surface area (Å²) in [6.07, 6.45) is 1.89. The van der Waals surface area contributed by atoms with Crippen LogP contribution < -0.4 is 24.8 Å². The predicted octanol–water partition coefficient (Wildman–Crippen LogP) is 5.17. The van der Waals surface area contributed by atoms with Crippen molar-refractivity contribution >= 4 is 5.91 Å². The summed E-state index contributed by atoms with van der Waals surface area (Å²) in [5.41, 5.74) is 4.43. The maximum atomic E-state index is 11.1. The minimum Gasteiger partial charge on any atom is -0.496 e. The molecule has 0 saturated carbocycles. The van der Waals surface area contributed by atoms with Crippen molar-refractivity contribution in [1.82, 2.24) is 10.6 Å². The standard InChI is InChI=1S/C34H44N2O6/c1-25-9-10-27(21-33(25)41-20-17-36-26(2)37)23-42-34-22-35-16-15-31(34)28-11-13-30(14-12-28)40-19-6-18-39-24-29-7-4-5-8-32(29)38-3/h4-5,7-14,21,31,34-35H,6,15-20,22-24H2,1-3H3,(H,36,37)/t31-,34+/m1/s1. The highest BCUT2D eigenvalue weighted by atomic mass is 16.5. The van der Waals surface area contributed by atoms with Crippen molar-refractivity contribution in [2.75, 3.05) is 46.6 Å². The number of hydrogen-bond acceptors (Lipinski definition) is 7. The molecule has 4 rings (SSSR count). The lowest BCUT2D eigenvalue weighted by atomic mass is 9.87. The Kier molecular flexibility index (Phi) is 12.5. The largest absolute Gasteiger partial charge is 0.496 e. The number of aryl methyl sites for hydroxylation is 1. The Morgan fingerprint density at radius 3 is 2.60 bits per heavy atom. The first kappa shape index (κ1) is 31.3. The van der Waals surface area contributed by atoms with Gasteiger partial charge in [0.15, 0.2) is 0 Å². The molecule has 3 aromatic rings. The third-order valence-electron chi connectivity index (χ3n) is 7.34. The van der Waals surface area contributed by atoms with Crippen LogP contribution in [0.15, 0.2) is 66.7 Å². The summed E-state index contributed by atoms with van der Waals surface area (Å²) in [5, 5.41) is 6.24. The van der Waals surface area contributed by atoms with Gasteiger partial charge in [0, 0.05) is 31.4 Å². The smallest absolute Gasteiger partial charge is 0.216 e. The van der Waals surface area contributed by atoms with Crippen LogP contribution in [0.25, 0.3) is 0 Å². The van der Waals surface area contributed by atoms with Crippen LogP contribution >= 0.6 is 0 Å². The Bertz CT molecular complexity index is 1250. The van der Waals surface area contributed by atoms with Crippen molar-refractivity contribution in [3.8, 4) is 17.2 Å². The molecular weight excluding hydrogens is 532 g/mol. The number of piperidine rings is 1. The Hall–Kier alpha value is -3.59. The highest BCUT2D eigenvalue weighted by Crippen LogP contribution is 2.30. The average Bonchev–Trinajstić information content (AvgIpc) is 3.01. The summed E-state index contributed by atoms with van der Waals surface area (Å²) in [4.78, 5) is 11.1. The number of para-hydroxylation sites is 1. The van der Waals surface area contributed by atoms with E-state index in [1.165, 1.54) is 12.5 Å². The molecule has 42 heavy (non-hydrogen) atoms. The second kappa shape index (κ2) is 16.8. The first-order valence-electron chi connectivity index (χ1n) is 14.7. The molecule has 0 aliphatic carbocycles. The zero-order valence-corrected chi connectivity index (χ0v) is 25.0. The average molecular weight is 577 g/mol. The van der Waals surface area contributed by atoms with Crippen LogP contribution in [-0.4, -0.2) is 58.6 Å². The molecule has 3 aromatic carbocycles. The molecule has 1 fully saturated rings. The Balaban J connectivity index is 1.21. The van der Waals surface area contributed by atoms with Gasteiger partial charge in [-0.1, -0.05) is 42.5 Å². The second-order valence-corrected chi connectivity index (χ2v) is 10.5. The quantitative estimate of drug-likeness (QED) is 0.228. The van der Waals surface area contributed by atoms with Crippen molar-refractivity contribution in [3.63, 3.8) is 0 Å². The lowest BCUT2D eigenvalue weighted by Crippen LogP contribution is -2.40. The zero-order chi connectivity index (χ0) is 29.6. The second-order valence-electron chi connectivity index (χ2n) is 10.5. The molecule has 1 aliphatic rings. The summed E-state index contributed by atoms with van der Waals surface area (Å²) >= 11 is 0. The van der Waals surface area contributed by atoms with E-state index in [-0.39, 0.29) is 12.0 Å². The third-order valence-corrected chi connectivity index (χ3v) is 7.34. The fourth-order valence-corrected chi connectivity index (χ4v) is 5.03. The fourth-order valence-electron chi connectivity index (χ4n) is 5.03. The predicted molar refractivity (Wildman–Crippen MR) is 163 cm³/mol. The number of ether oxygens (including phenoxy) is 5. The van der Waals surface area contributed by atoms with Crippen molar-refractivity contribution < 1.29 is 28.5 Å². The molecule has 8 nitrogen and oxygen atoms in total. The van der Waals surface area contributed by atoms with Crippen LogP contribution in [0.4, 0.5) is 0 Å². The maximum absolute atomic E-state index is 11.1. The molecule has 0 aromatic heterocycles. The zero-order valence-electron chi connectivity index (χ0n) is 25.0. The fraction of sp³-hybridized carbons (Fsp3) is 0.441. The lowest BCUT2D eigenvalue weighted by Gasteiger charge is -2.32. The van der Waals surface area contributed by atoms with Gasteiger partial charge in [0.05, 0.1) is 46.2 Å². The molecule has 0 radical (unpaired) electrons. The topological polar surface area (TPSA) is 87.3 Å². The molecule has 1 saturated heterocycles. The molecule has 2 atom stereocenters. The van der Waals surface area contributed by atoms with Gasteiger partial charge in [-0.3, -0.25) is 4.79 Å². The Labute approximate surface area is 249 Å². The van der Waals surface area contributed by atoms with E-state index in [9.17, 15) is 4.79 Å². The first-order valence-corrected chi connectivity index (χ1v) is 14.7. The van der Waals surface area contributed by atoms with Crippen molar-refractivity contribution in [1.29, 1.82) is 0 Å². The molecule has 1 amide bonds.